The van der Waals surface area contributed by atoms with Gasteiger partial charge in [-0.15, -0.1) is 0 Å². The van der Waals surface area contributed by atoms with Gasteiger partial charge in [-0.2, -0.15) is 10.4 Å². The van der Waals surface area contributed by atoms with Crippen molar-refractivity contribution in [1.29, 1.82) is 5.26 Å². The van der Waals surface area contributed by atoms with E-state index < -0.39 is 33.0 Å². The zero-order valence-electron chi connectivity index (χ0n) is 19.6. The number of nitrogens with one attached hydrogen (secondary N) is 2. The number of anilines is 1. The Balaban J connectivity index is 1.66. The predicted octanol–water partition coefficient (Wildman–Crippen LogP) is 3.46. The van der Waals surface area contributed by atoms with E-state index in [-0.39, 0.29) is 23.7 Å². The van der Waals surface area contributed by atoms with E-state index in [9.17, 15) is 29.8 Å². The second-order valence-electron chi connectivity index (χ2n) is 7.36. The van der Waals surface area contributed by atoms with Gasteiger partial charge < -0.3 is 14.8 Å². The lowest BCUT2D eigenvalue weighted by atomic mass is 10.1. The smallest absolute Gasteiger partial charge is 0.329 e. The van der Waals surface area contributed by atoms with Gasteiger partial charge >= 0.3 is 17.5 Å². The Morgan fingerprint density at radius 3 is 2.32 bits per heavy atom. The molecule has 192 valence electrons. The molecule has 0 saturated heterocycles. The molecule has 0 saturated carbocycles. The Bertz CT molecular complexity index is 1460. The molecule has 0 fully saturated rings. The third kappa shape index (κ3) is 6.86. The van der Waals surface area contributed by atoms with Crippen LogP contribution in [0.25, 0.3) is 0 Å². The van der Waals surface area contributed by atoms with Crippen LogP contribution >= 0.6 is 0 Å². The zero-order valence-corrected chi connectivity index (χ0v) is 19.6. The van der Waals surface area contributed by atoms with Crippen molar-refractivity contribution in [3.8, 4) is 23.3 Å². The topological polar surface area (TPSA) is 199 Å². The number of hydrogen-bond acceptors (Lipinski definition) is 10. The van der Waals surface area contributed by atoms with Crippen LogP contribution in [0.2, 0.25) is 0 Å². The van der Waals surface area contributed by atoms with Gasteiger partial charge in [0.25, 0.3) is 5.69 Å². The molecule has 38 heavy (non-hydrogen) atoms. The fraction of sp³-hybridized carbons (Fsp3) is 0.0833. The molecule has 0 spiro atoms. The number of nitro groups is 2. The average Bonchev–Trinajstić information content (AvgIpc) is 2.90. The molecule has 2 amide bonds. The number of methoxy groups -OCH3 is 1. The lowest BCUT2D eigenvalue weighted by molar-refractivity contribution is -0.394. The lowest BCUT2D eigenvalue weighted by Gasteiger charge is -2.11. The maximum absolute atomic E-state index is 12.0. The first-order chi connectivity index (χ1) is 18.2. The minimum atomic E-state index is -1.03. The third-order valence-corrected chi connectivity index (χ3v) is 4.84. The van der Waals surface area contributed by atoms with Crippen molar-refractivity contribution >= 4 is 35.1 Å². The number of nitro benzene ring substituents is 2. The van der Waals surface area contributed by atoms with E-state index in [4.69, 9.17) is 14.7 Å². The molecule has 0 aliphatic rings. The van der Waals surface area contributed by atoms with Crippen LogP contribution in [0.5, 0.6) is 17.2 Å². The highest BCUT2D eigenvalue weighted by molar-refractivity contribution is 6.39. The van der Waals surface area contributed by atoms with Crippen molar-refractivity contribution < 1.29 is 28.9 Å². The van der Waals surface area contributed by atoms with Crippen LogP contribution in [0.1, 0.15) is 11.1 Å². The zero-order chi connectivity index (χ0) is 27.7. The Labute approximate surface area is 214 Å². The molecular weight excluding hydrogens is 500 g/mol. The standard InChI is InChI=1S/C24H18N6O8/c1-37-22-12-16(4-8-21(22)38-20-9-7-18(29(33)34)13-19(20)30(35)36)14-26-28-24(32)23(31)27-17-5-2-15(3-6-17)10-11-25/h2-9,12-14H,10H2,1H3,(H,27,31)(H,28,32). The van der Waals surface area contributed by atoms with E-state index in [1.807, 2.05) is 6.07 Å². The van der Waals surface area contributed by atoms with E-state index in [0.29, 0.717) is 11.3 Å². The van der Waals surface area contributed by atoms with Crippen molar-refractivity contribution in [2.75, 3.05) is 12.4 Å². The summed E-state index contributed by atoms with van der Waals surface area (Å²) < 4.78 is 10.8. The molecule has 0 aliphatic heterocycles. The van der Waals surface area contributed by atoms with E-state index >= 15 is 0 Å². The summed E-state index contributed by atoms with van der Waals surface area (Å²) >= 11 is 0. The molecule has 0 radical (unpaired) electrons. The molecule has 3 aromatic carbocycles. The molecule has 14 nitrogen and oxygen atoms in total. The average molecular weight is 518 g/mol. The van der Waals surface area contributed by atoms with Crippen molar-refractivity contribution in [3.05, 3.63) is 92.0 Å². The molecule has 0 aromatic heterocycles. The van der Waals surface area contributed by atoms with Gasteiger partial charge in [-0.25, -0.2) is 5.43 Å². The normalized spacial score (nSPS) is 10.3. The number of nitriles is 1. The van der Waals surface area contributed by atoms with Crippen LogP contribution in [-0.2, 0) is 16.0 Å². The van der Waals surface area contributed by atoms with Crippen molar-refractivity contribution in [1.82, 2.24) is 5.43 Å². The van der Waals surface area contributed by atoms with E-state index in [1.165, 1.54) is 31.5 Å². The summed E-state index contributed by atoms with van der Waals surface area (Å²) in [6.45, 7) is 0. The largest absolute Gasteiger partial charge is 0.493 e. The molecule has 0 aliphatic carbocycles. The van der Waals surface area contributed by atoms with Gasteiger partial charge in [0.15, 0.2) is 11.5 Å². The highest BCUT2D eigenvalue weighted by Crippen LogP contribution is 2.38. The van der Waals surface area contributed by atoms with Crippen molar-refractivity contribution in [3.63, 3.8) is 0 Å². The summed E-state index contributed by atoms with van der Waals surface area (Å²) in [6.07, 6.45) is 1.45. The summed E-state index contributed by atoms with van der Waals surface area (Å²) in [5.41, 5.74) is 2.56. The molecule has 0 unspecified atom stereocenters. The van der Waals surface area contributed by atoms with E-state index in [0.717, 1.165) is 23.8 Å². The van der Waals surface area contributed by atoms with E-state index in [2.05, 4.69) is 15.8 Å². The Morgan fingerprint density at radius 2 is 1.68 bits per heavy atom. The van der Waals surface area contributed by atoms with Crippen molar-refractivity contribution in [2.45, 2.75) is 6.42 Å². The Kier molecular flexibility index (Phi) is 8.61. The van der Waals surface area contributed by atoms with E-state index in [1.54, 1.807) is 24.3 Å². The SMILES string of the molecule is COc1cc(C=NNC(=O)C(=O)Nc2ccc(CC#N)cc2)ccc1Oc1ccc([N+](=O)[O-])cc1[N+](=O)[O-]. The highest BCUT2D eigenvalue weighted by Gasteiger charge is 2.22. The van der Waals surface area contributed by atoms with Crippen LogP contribution in [-0.4, -0.2) is 35.0 Å². The second kappa shape index (κ2) is 12.2. The Morgan fingerprint density at radius 1 is 0.974 bits per heavy atom. The third-order valence-electron chi connectivity index (χ3n) is 4.84. The Hall–Kier alpha value is -5.84. The summed E-state index contributed by atoms with van der Waals surface area (Å²) in [6, 6.07) is 15.7. The quantitative estimate of drug-likeness (QED) is 0.184. The first kappa shape index (κ1) is 26.8. The summed E-state index contributed by atoms with van der Waals surface area (Å²) in [5.74, 6) is -2.00. The van der Waals surface area contributed by atoms with Crippen LogP contribution < -0.4 is 20.2 Å². The first-order valence-electron chi connectivity index (χ1n) is 10.6. The van der Waals surface area contributed by atoms with Gasteiger partial charge in [-0.1, -0.05) is 12.1 Å². The minimum absolute atomic E-state index is 0.0748. The van der Waals surface area contributed by atoms with Crippen LogP contribution in [0, 0.1) is 31.6 Å². The van der Waals surface area contributed by atoms with Crippen LogP contribution in [0.3, 0.4) is 0 Å². The number of hydrogen-bond donors (Lipinski definition) is 2. The summed E-state index contributed by atoms with van der Waals surface area (Å²) in [7, 11) is 1.33. The van der Waals surface area contributed by atoms with Gasteiger partial charge in [0.2, 0.25) is 5.75 Å². The molecule has 2 N–H and O–H groups in total. The molecule has 3 rings (SSSR count). The van der Waals surface area contributed by atoms with Gasteiger partial charge in [0.05, 0.1) is 41.7 Å². The monoisotopic (exact) mass is 518 g/mol. The fourth-order valence-corrected chi connectivity index (χ4v) is 3.02. The number of carbonyl (C=O) groups is 2. The van der Waals surface area contributed by atoms with Crippen LogP contribution in [0.15, 0.2) is 65.8 Å². The number of benzene rings is 3. The first-order valence-corrected chi connectivity index (χ1v) is 10.6. The van der Waals surface area contributed by atoms with Gasteiger partial charge in [-0.3, -0.25) is 29.8 Å². The number of rotatable bonds is 9. The number of nitrogens with zero attached hydrogens (tertiary/aromatic N) is 4. The number of carbonyl (C=O) groups excluding carboxylic acids is 2. The predicted molar refractivity (Wildman–Crippen MR) is 133 cm³/mol. The van der Waals surface area contributed by atoms with Gasteiger partial charge in [-0.05, 0) is 47.5 Å². The molecule has 0 atom stereocenters. The highest BCUT2D eigenvalue weighted by atomic mass is 16.6. The molecular formula is C24H18N6O8. The van der Waals surface area contributed by atoms with Crippen LogP contribution in [0.4, 0.5) is 17.1 Å². The van der Waals surface area contributed by atoms with Gasteiger partial charge in [0, 0.05) is 11.8 Å². The number of hydrazone groups is 1. The molecule has 14 heteroatoms. The molecule has 0 bridgehead atoms. The number of ether oxygens (including phenoxy) is 2. The maximum atomic E-state index is 12.0. The number of amides is 2. The van der Waals surface area contributed by atoms with Gasteiger partial charge in [0.1, 0.15) is 0 Å². The second-order valence-corrected chi connectivity index (χ2v) is 7.36. The lowest BCUT2D eigenvalue weighted by Crippen LogP contribution is -2.32. The number of non-ortho nitro benzene ring substituents is 1. The summed E-state index contributed by atoms with van der Waals surface area (Å²) in [5, 5.41) is 37.1. The minimum Gasteiger partial charge on any atom is -0.493 e. The van der Waals surface area contributed by atoms with Crippen molar-refractivity contribution in [2.24, 2.45) is 5.10 Å². The fourth-order valence-electron chi connectivity index (χ4n) is 3.02. The summed E-state index contributed by atoms with van der Waals surface area (Å²) in [4.78, 5) is 44.7. The molecule has 0 heterocycles. The maximum Gasteiger partial charge on any atom is 0.329 e. The molecule has 3 aromatic rings.